The summed E-state index contributed by atoms with van der Waals surface area (Å²) >= 11 is 0. The fourth-order valence-corrected chi connectivity index (χ4v) is 4.27. The summed E-state index contributed by atoms with van der Waals surface area (Å²) in [6, 6.07) is 19.0. The van der Waals surface area contributed by atoms with Crippen LogP contribution in [0, 0.1) is 32.2 Å². The van der Waals surface area contributed by atoms with Gasteiger partial charge in [0.25, 0.3) is 0 Å². The summed E-state index contributed by atoms with van der Waals surface area (Å²) in [7, 11) is 2.03. The SMILES string of the molecule is Cc1cc(C)n(-c2[c-]c(Oc3[c-]c(C4=[C-]N(C)C5C=CC=CN45)ccc3)cc(C(C)(C)C)c2)n1.[Pt]. The number of hydrogen-bond donors (Lipinski definition) is 0. The van der Waals surface area contributed by atoms with E-state index >= 15 is 0 Å². The Bertz CT molecular complexity index is 1330. The van der Waals surface area contributed by atoms with E-state index in [4.69, 9.17) is 4.74 Å². The molecule has 0 saturated carbocycles. The summed E-state index contributed by atoms with van der Waals surface area (Å²) in [6.45, 7) is 10.6. The van der Waals surface area contributed by atoms with Gasteiger partial charge in [0.1, 0.15) is 0 Å². The van der Waals surface area contributed by atoms with Gasteiger partial charge >= 0.3 is 0 Å². The van der Waals surface area contributed by atoms with Crippen molar-refractivity contribution in [2.45, 2.75) is 46.2 Å². The van der Waals surface area contributed by atoms with Gasteiger partial charge in [-0.15, -0.1) is 29.8 Å². The van der Waals surface area contributed by atoms with Crippen LogP contribution in [0.5, 0.6) is 11.5 Å². The minimum Gasteiger partial charge on any atom is -0.504 e. The predicted molar refractivity (Wildman–Crippen MR) is 134 cm³/mol. The third kappa shape index (κ3) is 5.01. The van der Waals surface area contributed by atoms with Crippen LogP contribution >= 0.6 is 0 Å². The normalized spacial score (nSPS) is 16.7. The molecule has 6 heteroatoms. The first-order chi connectivity index (χ1) is 16.2. The molecule has 0 saturated heterocycles. The molecule has 184 valence electrons. The Hall–Kier alpha value is -3.04. The molecule has 5 nitrogen and oxygen atoms in total. The Morgan fingerprint density at radius 3 is 2.51 bits per heavy atom. The summed E-state index contributed by atoms with van der Waals surface area (Å²) in [5.41, 5.74) is 5.90. The van der Waals surface area contributed by atoms with Crippen molar-refractivity contribution in [2.24, 2.45) is 0 Å². The molecule has 0 bridgehead atoms. The Balaban J connectivity index is 0.00000289. The van der Waals surface area contributed by atoms with Gasteiger partial charge in [-0.3, -0.25) is 10.2 Å². The summed E-state index contributed by atoms with van der Waals surface area (Å²) in [5, 5.41) is 4.65. The van der Waals surface area contributed by atoms with Crippen molar-refractivity contribution in [1.29, 1.82) is 0 Å². The van der Waals surface area contributed by atoms with E-state index < -0.39 is 0 Å². The molecule has 0 fully saturated rings. The van der Waals surface area contributed by atoms with Crippen LogP contribution in [0.2, 0.25) is 0 Å². The molecular formula is C29H29N4OPt-3. The smallest absolute Gasteiger partial charge is 0.0974 e. The van der Waals surface area contributed by atoms with Crippen LogP contribution in [-0.2, 0) is 26.5 Å². The first kappa shape index (κ1) is 25.1. The molecule has 0 N–H and O–H groups in total. The molecule has 2 aromatic carbocycles. The zero-order chi connectivity index (χ0) is 24.0. The number of hydrogen-bond acceptors (Lipinski definition) is 4. The predicted octanol–water partition coefficient (Wildman–Crippen LogP) is 5.94. The van der Waals surface area contributed by atoms with Crippen molar-refractivity contribution >= 4 is 5.70 Å². The number of fused-ring (bicyclic) bond motifs is 1. The van der Waals surface area contributed by atoms with Crippen molar-refractivity contribution in [3.63, 3.8) is 0 Å². The van der Waals surface area contributed by atoms with Crippen molar-refractivity contribution in [3.8, 4) is 17.2 Å². The average Bonchev–Trinajstić information content (AvgIpc) is 3.32. The molecule has 0 amide bonds. The maximum atomic E-state index is 6.33. The van der Waals surface area contributed by atoms with Crippen molar-refractivity contribution in [1.82, 2.24) is 19.6 Å². The minimum atomic E-state index is -0.0546. The number of aromatic nitrogens is 2. The molecule has 5 rings (SSSR count). The van der Waals surface area contributed by atoms with E-state index in [2.05, 4.69) is 97.5 Å². The summed E-state index contributed by atoms with van der Waals surface area (Å²) < 4.78 is 8.25. The topological polar surface area (TPSA) is 33.5 Å². The number of nitrogens with zero attached hydrogens (tertiary/aromatic N) is 4. The van der Waals surface area contributed by atoms with E-state index in [1.807, 2.05) is 42.9 Å². The van der Waals surface area contributed by atoms with Crippen LogP contribution in [0.25, 0.3) is 11.4 Å². The standard InChI is InChI=1S/C29H29N4O.Pt/c1-20-14-21(2)33(30-20)24-16-23(29(3,4)5)17-26(18-24)34-25-11-9-10-22(15-25)27-19-31(6)28-12-7-8-13-32(27)28;/h7-14,16-17,28H,1-6H3;/q-3;. The van der Waals surface area contributed by atoms with E-state index in [1.54, 1.807) is 0 Å². The van der Waals surface area contributed by atoms with Gasteiger partial charge in [0.05, 0.1) is 11.9 Å². The van der Waals surface area contributed by atoms with Crippen LogP contribution in [0.4, 0.5) is 0 Å². The first-order valence-electron chi connectivity index (χ1n) is 11.5. The quantitative estimate of drug-likeness (QED) is 0.330. The van der Waals surface area contributed by atoms with Crippen LogP contribution in [-0.4, -0.2) is 32.8 Å². The molecular weight excluding hydrogens is 615 g/mol. The number of rotatable bonds is 4. The molecule has 3 aromatic rings. The van der Waals surface area contributed by atoms with Gasteiger partial charge in [-0.05, 0) is 56.4 Å². The van der Waals surface area contributed by atoms with Crippen LogP contribution < -0.4 is 4.74 Å². The van der Waals surface area contributed by atoms with Gasteiger partial charge in [-0.1, -0.05) is 26.8 Å². The zero-order valence-corrected chi connectivity index (χ0v) is 23.1. The van der Waals surface area contributed by atoms with Gasteiger partial charge in [-0.2, -0.15) is 29.1 Å². The van der Waals surface area contributed by atoms with Gasteiger partial charge in [0.2, 0.25) is 0 Å². The van der Waals surface area contributed by atoms with Gasteiger partial charge < -0.3 is 14.5 Å². The molecule has 2 aliphatic rings. The second kappa shape index (κ2) is 9.54. The Morgan fingerprint density at radius 2 is 1.80 bits per heavy atom. The van der Waals surface area contributed by atoms with Crippen molar-refractivity contribution in [3.05, 3.63) is 102 Å². The fourth-order valence-electron chi connectivity index (χ4n) is 4.27. The number of aryl methyl sites for hydroxylation is 2. The number of likely N-dealkylation sites (N-methyl/N-ethyl adjacent to an activating group) is 1. The Morgan fingerprint density at radius 1 is 1.00 bits per heavy atom. The van der Waals surface area contributed by atoms with Gasteiger partial charge in [0, 0.05) is 38.3 Å². The monoisotopic (exact) mass is 644 g/mol. The largest absolute Gasteiger partial charge is 0.504 e. The molecule has 1 unspecified atom stereocenters. The molecule has 1 aromatic heterocycles. The zero-order valence-electron chi connectivity index (χ0n) is 20.9. The summed E-state index contributed by atoms with van der Waals surface area (Å²) in [5.74, 6) is 1.28. The molecule has 3 heterocycles. The second-order valence-electron chi connectivity index (χ2n) is 9.86. The van der Waals surface area contributed by atoms with E-state index in [-0.39, 0.29) is 32.6 Å². The molecule has 0 spiro atoms. The minimum absolute atomic E-state index is 0. The second-order valence-corrected chi connectivity index (χ2v) is 9.86. The fraction of sp³-hybridized carbons (Fsp3) is 0.276. The molecule has 1 atom stereocenters. The molecule has 35 heavy (non-hydrogen) atoms. The average molecular weight is 645 g/mol. The van der Waals surface area contributed by atoms with E-state index in [0.29, 0.717) is 11.5 Å². The third-order valence-corrected chi connectivity index (χ3v) is 6.04. The van der Waals surface area contributed by atoms with Gasteiger partial charge in [0.15, 0.2) is 0 Å². The van der Waals surface area contributed by atoms with E-state index in [1.165, 1.54) is 0 Å². The van der Waals surface area contributed by atoms with Crippen LogP contribution in [0.1, 0.15) is 43.3 Å². The van der Waals surface area contributed by atoms with Gasteiger partial charge in [-0.25, -0.2) is 6.07 Å². The van der Waals surface area contributed by atoms with Crippen LogP contribution in [0.3, 0.4) is 0 Å². The summed E-state index contributed by atoms with van der Waals surface area (Å²) in [4.78, 5) is 4.25. The van der Waals surface area contributed by atoms with Crippen LogP contribution in [0.15, 0.2) is 60.8 Å². The van der Waals surface area contributed by atoms with E-state index in [0.717, 1.165) is 33.9 Å². The molecule has 0 radical (unpaired) electrons. The Kier molecular flexibility index (Phi) is 6.83. The number of ether oxygens (including phenoxy) is 1. The Labute approximate surface area is 222 Å². The maximum absolute atomic E-state index is 6.33. The molecule has 2 aliphatic heterocycles. The number of benzene rings is 2. The molecule has 0 aliphatic carbocycles. The van der Waals surface area contributed by atoms with E-state index in [9.17, 15) is 0 Å². The van der Waals surface area contributed by atoms with Crippen molar-refractivity contribution in [2.75, 3.05) is 7.05 Å². The van der Waals surface area contributed by atoms with Crippen molar-refractivity contribution < 1.29 is 25.8 Å². The summed E-state index contributed by atoms with van der Waals surface area (Å²) in [6.07, 6.45) is 11.9. The first-order valence-corrected chi connectivity index (χ1v) is 11.5. The number of allylic oxidation sites excluding steroid dienone is 2. The third-order valence-electron chi connectivity index (χ3n) is 6.04. The maximum Gasteiger partial charge on any atom is 0.0974 e.